The molecule has 0 bridgehead atoms. The van der Waals surface area contributed by atoms with Crippen molar-refractivity contribution >= 4 is 11.9 Å². The summed E-state index contributed by atoms with van der Waals surface area (Å²) in [6.45, 7) is 4.91. The first kappa shape index (κ1) is 23.5. The number of rotatable bonds is 6. The third-order valence-corrected chi connectivity index (χ3v) is 6.04. The van der Waals surface area contributed by atoms with Crippen LogP contribution in [0, 0.1) is 17.8 Å². The summed E-state index contributed by atoms with van der Waals surface area (Å²) in [6.07, 6.45) is -0.692. The average molecular weight is 442 g/mol. The van der Waals surface area contributed by atoms with Crippen LogP contribution < -0.4 is 5.32 Å². The lowest BCUT2D eigenvalue weighted by atomic mass is 9.83. The lowest BCUT2D eigenvalue weighted by Crippen LogP contribution is -2.42. The number of carbonyl (C=O) groups is 2. The van der Waals surface area contributed by atoms with Gasteiger partial charge in [0.25, 0.3) is 0 Å². The molecule has 1 saturated carbocycles. The second kappa shape index (κ2) is 10.5. The summed E-state index contributed by atoms with van der Waals surface area (Å²) in [6, 6.07) is 10.7. The number of likely N-dealkylation sites (tertiary alicyclic amines) is 1. The Morgan fingerprint density at radius 1 is 1.16 bits per heavy atom. The predicted molar refractivity (Wildman–Crippen MR) is 107 cm³/mol. The van der Waals surface area contributed by atoms with Crippen molar-refractivity contribution in [3.8, 4) is 0 Å². The molecule has 0 unspecified atom stereocenters. The standard InChI is InChI=1S/C20H28N2O2.C2HF3O2/c23-20(21-11-15-6-7-15)10-19-18-8-9-22(13-17(18)14-24-19)12-16-4-2-1-3-5-16;3-2(4,5)1(6)7/h1-5,15,17-19H,6-14H2,(H,21,23);(H,6,7)/t17-,18-,19-;/m1./s1. The van der Waals surface area contributed by atoms with Gasteiger partial charge in [-0.05, 0) is 43.2 Å². The fourth-order valence-electron chi connectivity index (χ4n) is 4.19. The van der Waals surface area contributed by atoms with Crippen molar-refractivity contribution in [1.29, 1.82) is 0 Å². The third-order valence-electron chi connectivity index (χ3n) is 6.04. The Kier molecular flexibility index (Phi) is 7.94. The van der Waals surface area contributed by atoms with Crippen molar-refractivity contribution in [2.45, 2.75) is 44.5 Å². The second-order valence-corrected chi connectivity index (χ2v) is 8.56. The molecule has 1 aromatic carbocycles. The van der Waals surface area contributed by atoms with Crippen LogP contribution in [-0.4, -0.2) is 60.4 Å². The molecule has 1 aromatic rings. The first-order valence-corrected chi connectivity index (χ1v) is 10.7. The van der Waals surface area contributed by atoms with Crippen molar-refractivity contribution < 1.29 is 32.6 Å². The summed E-state index contributed by atoms with van der Waals surface area (Å²) < 4.78 is 37.7. The Hall–Kier alpha value is -2.13. The number of carboxylic acids is 1. The number of benzene rings is 1. The molecule has 2 heterocycles. The van der Waals surface area contributed by atoms with Gasteiger partial charge in [0.1, 0.15) is 0 Å². The van der Waals surface area contributed by atoms with Gasteiger partial charge in [-0.3, -0.25) is 9.69 Å². The number of amides is 1. The molecular formula is C22H29F3N2O4. The van der Waals surface area contributed by atoms with Gasteiger partial charge in [-0.25, -0.2) is 4.79 Å². The fourth-order valence-corrected chi connectivity index (χ4v) is 4.19. The fraction of sp³-hybridized carbons (Fsp3) is 0.636. The van der Waals surface area contributed by atoms with Gasteiger partial charge < -0.3 is 15.2 Å². The van der Waals surface area contributed by atoms with E-state index in [-0.39, 0.29) is 12.0 Å². The van der Waals surface area contributed by atoms with Crippen LogP contribution in [0.5, 0.6) is 0 Å². The lowest BCUT2D eigenvalue weighted by molar-refractivity contribution is -0.192. The molecule has 0 aromatic heterocycles. The van der Waals surface area contributed by atoms with Crippen LogP contribution in [0.1, 0.15) is 31.2 Å². The normalized spacial score (nSPS) is 25.8. The molecule has 9 heteroatoms. The van der Waals surface area contributed by atoms with Crippen molar-refractivity contribution in [3.63, 3.8) is 0 Å². The molecule has 31 heavy (non-hydrogen) atoms. The van der Waals surface area contributed by atoms with E-state index in [2.05, 4.69) is 40.5 Å². The smallest absolute Gasteiger partial charge is 0.475 e. The molecule has 3 aliphatic rings. The maximum absolute atomic E-state index is 12.1. The van der Waals surface area contributed by atoms with Crippen molar-refractivity contribution in [2.24, 2.45) is 17.8 Å². The van der Waals surface area contributed by atoms with Crippen molar-refractivity contribution in [1.82, 2.24) is 10.2 Å². The first-order chi connectivity index (χ1) is 14.7. The molecular weight excluding hydrogens is 413 g/mol. The lowest BCUT2D eigenvalue weighted by Gasteiger charge is -2.35. The molecule has 3 atom stereocenters. The molecule has 6 nitrogen and oxygen atoms in total. The molecule has 172 valence electrons. The molecule has 1 aliphatic carbocycles. The maximum Gasteiger partial charge on any atom is 0.490 e. The summed E-state index contributed by atoms with van der Waals surface area (Å²) in [4.78, 5) is 23.5. The van der Waals surface area contributed by atoms with E-state index in [0.29, 0.717) is 18.3 Å². The summed E-state index contributed by atoms with van der Waals surface area (Å²) in [5, 5.41) is 10.2. The first-order valence-electron chi connectivity index (χ1n) is 10.7. The maximum atomic E-state index is 12.1. The highest BCUT2D eigenvalue weighted by atomic mass is 19.4. The average Bonchev–Trinajstić information content (AvgIpc) is 3.48. The highest BCUT2D eigenvalue weighted by Gasteiger charge is 2.41. The van der Waals surface area contributed by atoms with Gasteiger partial charge in [0, 0.05) is 25.6 Å². The number of aliphatic carboxylic acids is 1. The van der Waals surface area contributed by atoms with Crippen LogP contribution >= 0.6 is 0 Å². The second-order valence-electron chi connectivity index (χ2n) is 8.56. The van der Waals surface area contributed by atoms with Crippen LogP contribution in [0.4, 0.5) is 13.2 Å². The monoisotopic (exact) mass is 442 g/mol. The number of nitrogens with one attached hydrogen (secondary N) is 1. The number of fused-ring (bicyclic) bond motifs is 1. The van der Waals surface area contributed by atoms with E-state index in [1.807, 2.05) is 0 Å². The molecule has 0 radical (unpaired) electrons. The predicted octanol–water partition coefficient (Wildman–Crippen LogP) is 3.07. The van der Waals surface area contributed by atoms with Gasteiger partial charge in [-0.15, -0.1) is 0 Å². The zero-order valence-electron chi connectivity index (χ0n) is 17.3. The topological polar surface area (TPSA) is 78.9 Å². The zero-order valence-corrected chi connectivity index (χ0v) is 17.3. The number of nitrogens with zero attached hydrogens (tertiary/aromatic N) is 1. The Bertz CT molecular complexity index is 740. The molecule has 1 amide bonds. The van der Waals surface area contributed by atoms with Gasteiger partial charge in [-0.1, -0.05) is 30.3 Å². The zero-order chi connectivity index (χ0) is 22.4. The van der Waals surface area contributed by atoms with Crippen LogP contribution in [0.3, 0.4) is 0 Å². The number of alkyl halides is 3. The Morgan fingerprint density at radius 2 is 1.84 bits per heavy atom. The summed E-state index contributed by atoms with van der Waals surface area (Å²) in [7, 11) is 0. The van der Waals surface area contributed by atoms with Gasteiger partial charge in [-0.2, -0.15) is 13.2 Å². The molecule has 2 aliphatic heterocycles. The van der Waals surface area contributed by atoms with E-state index in [0.717, 1.165) is 45.1 Å². The quantitative estimate of drug-likeness (QED) is 0.708. The van der Waals surface area contributed by atoms with Gasteiger partial charge in [0.2, 0.25) is 5.91 Å². The van der Waals surface area contributed by atoms with Crippen LogP contribution in [0.25, 0.3) is 0 Å². The van der Waals surface area contributed by atoms with E-state index in [1.54, 1.807) is 0 Å². The number of hydrogen-bond donors (Lipinski definition) is 2. The highest BCUT2D eigenvalue weighted by Crippen LogP contribution is 2.36. The molecule has 2 N–H and O–H groups in total. The van der Waals surface area contributed by atoms with Crippen LogP contribution in [-0.2, 0) is 20.9 Å². The van der Waals surface area contributed by atoms with E-state index in [1.165, 1.54) is 18.4 Å². The highest BCUT2D eigenvalue weighted by molar-refractivity contribution is 5.76. The number of carbonyl (C=O) groups excluding carboxylic acids is 1. The minimum absolute atomic E-state index is 0.132. The number of halogens is 3. The minimum Gasteiger partial charge on any atom is -0.475 e. The van der Waals surface area contributed by atoms with E-state index < -0.39 is 12.1 Å². The molecule has 2 saturated heterocycles. The largest absolute Gasteiger partial charge is 0.490 e. The van der Waals surface area contributed by atoms with Gasteiger partial charge in [0.05, 0.1) is 19.1 Å². The summed E-state index contributed by atoms with van der Waals surface area (Å²) in [5.74, 6) is -0.688. The third kappa shape index (κ3) is 7.50. The minimum atomic E-state index is -5.08. The summed E-state index contributed by atoms with van der Waals surface area (Å²) in [5.41, 5.74) is 1.38. The molecule has 3 fully saturated rings. The van der Waals surface area contributed by atoms with Crippen LogP contribution in [0.2, 0.25) is 0 Å². The molecule has 4 rings (SSSR count). The SMILES string of the molecule is O=C(C[C@H]1OC[C@H]2CN(Cc3ccccc3)CC[C@H]21)NCC1CC1.O=C(O)C(F)(F)F. The van der Waals surface area contributed by atoms with Crippen molar-refractivity contribution in [2.75, 3.05) is 26.2 Å². The molecule has 0 spiro atoms. The van der Waals surface area contributed by atoms with Gasteiger partial charge in [0.15, 0.2) is 0 Å². The van der Waals surface area contributed by atoms with Crippen molar-refractivity contribution in [3.05, 3.63) is 35.9 Å². The van der Waals surface area contributed by atoms with Crippen LogP contribution in [0.15, 0.2) is 30.3 Å². The van der Waals surface area contributed by atoms with E-state index in [9.17, 15) is 18.0 Å². The van der Waals surface area contributed by atoms with E-state index >= 15 is 0 Å². The van der Waals surface area contributed by atoms with Gasteiger partial charge >= 0.3 is 12.1 Å². The Labute approximate surface area is 179 Å². The number of hydrogen-bond acceptors (Lipinski definition) is 4. The number of ether oxygens (including phenoxy) is 1. The Morgan fingerprint density at radius 3 is 2.45 bits per heavy atom. The van der Waals surface area contributed by atoms with E-state index in [4.69, 9.17) is 14.6 Å². The summed E-state index contributed by atoms with van der Waals surface area (Å²) >= 11 is 0. The number of piperidine rings is 1. The Balaban J connectivity index is 0.000000339. The number of carboxylic acid groups (broad SMARTS) is 1.